The third-order valence-corrected chi connectivity index (χ3v) is 7.85. The van der Waals surface area contributed by atoms with E-state index in [1.165, 1.54) is 0 Å². The lowest BCUT2D eigenvalue weighted by molar-refractivity contribution is 0.245. The highest BCUT2D eigenvalue weighted by molar-refractivity contribution is 5.92. The van der Waals surface area contributed by atoms with Crippen LogP contribution in [-0.2, 0) is 7.05 Å². The zero-order chi connectivity index (χ0) is 26.9. The Labute approximate surface area is 227 Å². The molecule has 206 valence electrons. The summed E-state index contributed by atoms with van der Waals surface area (Å²) in [5, 5.41) is 13.9. The molecule has 0 amide bonds. The Kier molecular flexibility index (Phi) is 7.03. The van der Waals surface area contributed by atoms with E-state index in [1.807, 2.05) is 19.3 Å². The summed E-state index contributed by atoms with van der Waals surface area (Å²) >= 11 is 0. The summed E-state index contributed by atoms with van der Waals surface area (Å²) in [4.78, 5) is 18.5. The quantitative estimate of drug-likeness (QED) is 0.394. The molecule has 0 aliphatic carbocycles. The van der Waals surface area contributed by atoms with E-state index >= 15 is 0 Å². The van der Waals surface area contributed by atoms with Crippen molar-refractivity contribution in [3.05, 3.63) is 30.7 Å². The van der Waals surface area contributed by atoms with E-state index < -0.39 is 0 Å². The molecule has 0 aromatic carbocycles. The van der Waals surface area contributed by atoms with Crippen LogP contribution in [0.15, 0.2) is 30.7 Å². The van der Waals surface area contributed by atoms with Gasteiger partial charge in [0.2, 0.25) is 5.88 Å². The average molecular weight is 535 g/mol. The van der Waals surface area contributed by atoms with E-state index in [1.54, 1.807) is 17.1 Å². The molecule has 0 saturated carbocycles. The topological polar surface area (TPSA) is 102 Å². The minimum absolute atomic E-state index is 0.135. The molecule has 4 bridgehead atoms. The first-order valence-electron chi connectivity index (χ1n) is 13.7. The van der Waals surface area contributed by atoms with Crippen LogP contribution in [0, 0.1) is 0 Å². The molecule has 0 unspecified atom stereocenters. The Balaban J connectivity index is 1.38. The predicted molar refractivity (Wildman–Crippen MR) is 148 cm³/mol. The largest absolute Gasteiger partial charge is 0.477 e. The summed E-state index contributed by atoms with van der Waals surface area (Å²) in [6.45, 7) is 4.94. The first kappa shape index (κ1) is 25.5. The average Bonchev–Trinajstić information content (AvgIpc) is 3.67. The van der Waals surface area contributed by atoms with Gasteiger partial charge in [0.1, 0.15) is 17.2 Å². The minimum Gasteiger partial charge on any atom is -0.477 e. The van der Waals surface area contributed by atoms with E-state index in [-0.39, 0.29) is 12.7 Å². The van der Waals surface area contributed by atoms with Crippen LogP contribution in [0.1, 0.15) is 38.6 Å². The number of ether oxygens (including phenoxy) is 1. The van der Waals surface area contributed by atoms with Gasteiger partial charge in [-0.3, -0.25) is 9.07 Å². The van der Waals surface area contributed by atoms with Crippen LogP contribution < -0.4 is 15.0 Å². The van der Waals surface area contributed by atoms with Gasteiger partial charge in [-0.15, -0.1) is 0 Å². The fourth-order valence-electron chi connectivity index (χ4n) is 5.61. The number of aryl methyl sites for hydroxylation is 1. The van der Waals surface area contributed by atoms with Crippen molar-refractivity contribution in [3.63, 3.8) is 0 Å². The number of pyridine rings is 1. The van der Waals surface area contributed by atoms with Gasteiger partial charge >= 0.3 is 0 Å². The number of nitrogens with one attached hydrogen (secondary N) is 1. The molecule has 4 aromatic heterocycles. The van der Waals surface area contributed by atoms with Crippen molar-refractivity contribution in [3.8, 4) is 17.3 Å². The normalized spacial score (nSPS) is 19.3. The molecule has 1 fully saturated rings. The van der Waals surface area contributed by atoms with Crippen molar-refractivity contribution in [2.24, 2.45) is 7.05 Å². The van der Waals surface area contributed by atoms with E-state index in [2.05, 4.69) is 49.9 Å². The summed E-state index contributed by atoms with van der Waals surface area (Å²) < 4.78 is 22.9. The van der Waals surface area contributed by atoms with Crippen molar-refractivity contribution in [1.82, 2.24) is 39.4 Å². The van der Waals surface area contributed by atoms with Crippen LogP contribution in [-0.4, -0.2) is 85.4 Å². The van der Waals surface area contributed by atoms with Gasteiger partial charge in [-0.1, -0.05) is 6.92 Å². The Bertz CT molecular complexity index is 1450. The Morgan fingerprint density at radius 2 is 2.10 bits per heavy atom. The highest BCUT2D eigenvalue weighted by atomic mass is 19.1. The Morgan fingerprint density at radius 1 is 1.21 bits per heavy atom. The predicted octanol–water partition coefficient (Wildman–Crippen LogP) is 3.97. The van der Waals surface area contributed by atoms with E-state index in [9.17, 15) is 4.39 Å². The van der Waals surface area contributed by atoms with Crippen LogP contribution in [0.3, 0.4) is 0 Å². The highest BCUT2D eigenvalue weighted by Gasteiger charge is 2.30. The van der Waals surface area contributed by atoms with Crippen LogP contribution in [0.25, 0.3) is 22.3 Å². The number of anilines is 3. The lowest BCUT2D eigenvalue weighted by atomic mass is 10.1. The number of fused-ring (bicyclic) bond motifs is 5. The number of likely N-dealkylation sites (N-methyl/N-ethyl adjacent to an activating group) is 1. The molecule has 1 saturated heterocycles. The lowest BCUT2D eigenvalue weighted by Gasteiger charge is -2.24. The highest BCUT2D eigenvalue weighted by Crippen LogP contribution is 2.35. The molecule has 12 heteroatoms. The molecule has 4 aromatic rings. The Morgan fingerprint density at radius 3 is 2.95 bits per heavy atom. The fourth-order valence-corrected chi connectivity index (χ4v) is 5.61. The molecule has 11 nitrogen and oxygen atoms in total. The number of alkyl halides is 1. The Hall–Kier alpha value is -3.80. The summed E-state index contributed by atoms with van der Waals surface area (Å²) in [5.41, 5.74) is 1.77. The number of hydrogen-bond donors (Lipinski definition) is 1. The third-order valence-electron chi connectivity index (χ3n) is 7.85. The summed E-state index contributed by atoms with van der Waals surface area (Å²) in [6, 6.07) is 4.39. The molecule has 2 atom stereocenters. The number of aromatic nitrogens is 7. The van der Waals surface area contributed by atoms with Crippen LogP contribution in [0.5, 0.6) is 5.88 Å². The zero-order valence-corrected chi connectivity index (χ0v) is 22.7. The summed E-state index contributed by atoms with van der Waals surface area (Å²) in [5.74, 6) is 3.46. The van der Waals surface area contributed by atoms with E-state index in [0.717, 1.165) is 61.2 Å². The fraction of sp³-hybridized carbons (Fsp3) is 0.519. The number of halogens is 1. The van der Waals surface area contributed by atoms with Gasteiger partial charge in [0.25, 0.3) is 0 Å². The number of nitrogens with zero attached hydrogens (tertiary/aromatic N) is 9. The monoisotopic (exact) mass is 534 g/mol. The van der Waals surface area contributed by atoms with Crippen molar-refractivity contribution in [1.29, 1.82) is 0 Å². The maximum atomic E-state index is 12.7. The molecule has 0 radical (unpaired) electrons. The second kappa shape index (κ2) is 10.8. The van der Waals surface area contributed by atoms with Gasteiger partial charge in [-0.25, -0.2) is 19.6 Å². The molecule has 1 N–H and O–H groups in total. The smallest absolute Gasteiger partial charge is 0.222 e. The third kappa shape index (κ3) is 4.88. The number of hydrogen-bond acceptors (Lipinski definition) is 9. The lowest BCUT2D eigenvalue weighted by Crippen LogP contribution is -2.35. The maximum absolute atomic E-state index is 12.7. The van der Waals surface area contributed by atoms with Gasteiger partial charge in [0, 0.05) is 57.6 Å². The van der Waals surface area contributed by atoms with E-state index in [0.29, 0.717) is 42.4 Å². The van der Waals surface area contributed by atoms with Gasteiger partial charge in [0.15, 0.2) is 11.6 Å². The van der Waals surface area contributed by atoms with Gasteiger partial charge < -0.3 is 19.9 Å². The van der Waals surface area contributed by atoms with E-state index in [4.69, 9.17) is 19.8 Å². The molecule has 39 heavy (non-hydrogen) atoms. The minimum atomic E-state index is -0.280. The number of rotatable bonds is 6. The second-order valence-corrected chi connectivity index (χ2v) is 10.3. The second-order valence-electron chi connectivity index (χ2n) is 10.3. The van der Waals surface area contributed by atoms with Crippen molar-refractivity contribution in [2.45, 2.75) is 44.7 Å². The molecule has 6 heterocycles. The van der Waals surface area contributed by atoms with Crippen molar-refractivity contribution >= 4 is 28.4 Å². The molecule has 2 aliphatic heterocycles. The van der Waals surface area contributed by atoms with Gasteiger partial charge in [-0.2, -0.15) is 10.2 Å². The summed E-state index contributed by atoms with van der Waals surface area (Å²) in [6.07, 6.45) is 8.63. The standard InChI is InChI=1S/C27H35FN10O/c1-4-18-8-13-39-27-21(16-31-36(27)3)25-29-10-6-23(33-25)32-24-14-22-20(15-30-24)26(34-38(18)22)37-12-7-19(17-37)35(2)11-5-9-28/h6,10,14-16,18-19H,4-5,7-9,11-13,17H2,1-3H3,(H,29,30,32,33)/t18-,19-/m0/s1. The molecular weight excluding hydrogens is 499 g/mol. The van der Waals surface area contributed by atoms with Crippen molar-refractivity contribution in [2.75, 3.05) is 50.2 Å². The molecule has 0 spiro atoms. The van der Waals surface area contributed by atoms with Crippen LogP contribution >= 0.6 is 0 Å². The maximum Gasteiger partial charge on any atom is 0.222 e. The van der Waals surface area contributed by atoms with Gasteiger partial charge in [0.05, 0.1) is 36.4 Å². The van der Waals surface area contributed by atoms with Crippen LogP contribution in [0.4, 0.5) is 21.8 Å². The molecule has 6 rings (SSSR count). The molecular formula is C27H35FN10O. The zero-order valence-electron chi connectivity index (χ0n) is 22.7. The first-order valence-corrected chi connectivity index (χ1v) is 13.7. The summed E-state index contributed by atoms with van der Waals surface area (Å²) in [7, 11) is 3.95. The SMILES string of the molecule is CC[C@H]1CCOc2c(cnn2C)-c2nccc(n2)Nc2cc3c(cn2)c(N2CC[C@H](N(C)CCCF)C2)nn31. The van der Waals surface area contributed by atoms with Crippen molar-refractivity contribution < 1.29 is 9.13 Å². The van der Waals surface area contributed by atoms with Gasteiger partial charge in [-0.05, 0) is 32.4 Å². The molecule has 2 aliphatic rings. The first-order chi connectivity index (χ1) is 19.1. The van der Waals surface area contributed by atoms with Crippen LogP contribution in [0.2, 0.25) is 0 Å².